The first-order valence-corrected chi connectivity index (χ1v) is 8.53. The molecule has 0 spiro atoms. The maximum absolute atomic E-state index is 11.5. The summed E-state index contributed by atoms with van der Waals surface area (Å²) in [5.74, 6) is 6.09. The van der Waals surface area contributed by atoms with Crippen LogP contribution in [0.5, 0.6) is 0 Å². The molecule has 0 saturated heterocycles. The van der Waals surface area contributed by atoms with E-state index in [0.29, 0.717) is 10.9 Å². The van der Waals surface area contributed by atoms with Gasteiger partial charge in [0.1, 0.15) is 0 Å². The quantitative estimate of drug-likeness (QED) is 0.461. The molecule has 1 aromatic rings. The van der Waals surface area contributed by atoms with Crippen molar-refractivity contribution >= 4 is 29.0 Å². The molecule has 0 aliphatic rings. The van der Waals surface area contributed by atoms with Crippen molar-refractivity contribution in [2.24, 2.45) is 5.84 Å². The number of nitrogens with one attached hydrogen (secondary N) is 1. The zero-order valence-electron chi connectivity index (χ0n) is 12.0. The van der Waals surface area contributed by atoms with Crippen molar-refractivity contribution in [2.75, 3.05) is 19.1 Å². The van der Waals surface area contributed by atoms with Crippen LogP contribution in [0.1, 0.15) is 33.5 Å². The van der Waals surface area contributed by atoms with Gasteiger partial charge in [-0.1, -0.05) is 6.92 Å². The van der Waals surface area contributed by atoms with Gasteiger partial charge in [-0.2, -0.15) is 11.8 Å². The van der Waals surface area contributed by atoms with Gasteiger partial charge in [-0.3, -0.25) is 15.1 Å². The van der Waals surface area contributed by atoms with Crippen LogP contribution in [-0.2, 0) is 6.54 Å². The summed E-state index contributed by atoms with van der Waals surface area (Å²) in [6.07, 6.45) is 3.27. The molecule has 1 heterocycles. The average Bonchev–Trinajstić information content (AvgIpc) is 2.76. The Kier molecular flexibility index (Phi) is 6.85. The van der Waals surface area contributed by atoms with E-state index in [-0.39, 0.29) is 5.91 Å². The lowest BCUT2D eigenvalue weighted by Crippen LogP contribution is -2.32. The van der Waals surface area contributed by atoms with Crippen LogP contribution in [-0.4, -0.2) is 35.9 Å². The van der Waals surface area contributed by atoms with E-state index in [9.17, 15) is 4.79 Å². The Morgan fingerprint density at radius 2 is 2.32 bits per heavy atom. The molecule has 0 aromatic carbocycles. The number of hydrogen-bond acceptors (Lipinski definition) is 5. The van der Waals surface area contributed by atoms with Gasteiger partial charge in [-0.15, -0.1) is 11.3 Å². The molecule has 4 nitrogen and oxygen atoms in total. The summed E-state index contributed by atoms with van der Waals surface area (Å²) in [6.45, 7) is 5.14. The van der Waals surface area contributed by atoms with Crippen LogP contribution in [0, 0.1) is 6.92 Å². The van der Waals surface area contributed by atoms with Crippen molar-refractivity contribution in [3.8, 4) is 0 Å². The number of carbonyl (C=O) groups is 1. The number of hydrazine groups is 1. The molecule has 108 valence electrons. The predicted molar refractivity (Wildman–Crippen MR) is 84.6 cm³/mol. The lowest BCUT2D eigenvalue weighted by atomic mass is 10.2. The molecule has 1 rings (SSSR count). The number of hydrogen-bond donors (Lipinski definition) is 2. The second-order valence-electron chi connectivity index (χ2n) is 4.60. The third-order valence-electron chi connectivity index (χ3n) is 3.25. The number of rotatable bonds is 7. The van der Waals surface area contributed by atoms with Crippen LogP contribution >= 0.6 is 23.1 Å². The Morgan fingerprint density at radius 3 is 2.84 bits per heavy atom. The number of aryl methyl sites for hydroxylation is 1. The summed E-state index contributed by atoms with van der Waals surface area (Å²) in [4.78, 5) is 15.7. The fourth-order valence-corrected chi connectivity index (χ4v) is 3.82. The fraction of sp³-hybridized carbons (Fsp3) is 0.615. The first-order chi connectivity index (χ1) is 9.03. The first kappa shape index (κ1) is 16.5. The molecule has 3 N–H and O–H groups in total. The van der Waals surface area contributed by atoms with Crippen LogP contribution in [0.3, 0.4) is 0 Å². The normalized spacial score (nSPS) is 12.7. The summed E-state index contributed by atoms with van der Waals surface area (Å²) < 4.78 is 0. The molecule has 0 fully saturated rings. The van der Waals surface area contributed by atoms with Crippen molar-refractivity contribution in [3.05, 3.63) is 21.4 Å². The van der Waals surface area contributed by atoms with Gasteiger partial charge >= 0.3 is 0 Å². The van der Waals surface area contributed by atoms with Crippen LogP contribution in [0.4, 0.5) is 0 Å². The third kappa shape index (κ3) is 4.49. The first-order valence-electron chi connectivity index (χ1n) is 6.32. The Labute approximate surface area is 123 Å². The van der Waals surface area contributed by atoms with Crippen molar-refractivity contribution in [2.45, 2.75) is 32.9 Å². The van der Waals surface area contributed by atoms with Gasteiger partial charge in [-0.25, -0.2) is 5.84 Å². The van der Waals surface area contributed by atoms with Gasteiger partial charge in [0.25, 0.3) is 5.91 Å². The highest BCUT2D eigenvalue weighted by Crippen LogP contribution is 2.23. The number of thiophene rings is 1. The highest BCUT2D eigenvalue weighted by molar-refractivity contribution is 7.98. The molecule has 1 aromatic heterocycles. The van der Waals surface area contributed by atoms with Crippen LogP contribution in [0.15, 0.2) is 6.07 Å². The Balaban J connectivity index is 2.76. The smallest absolute Gasteiger partial charge is 0.275 e. The van der Waals surface area contributed by atoms with Gasteiger partial charge in [0.15, 0.2) is 0 Å². The van der Waals surface area contributed by atoms with E-state index in [1.54, 1.807) is 0 Å². The molecule has 19 heavy (non-hydrogen) atoms. The topological polar surface area (TPSA) is 58.4 Å². The molecular formula is C13H23N3OS2. The van der Waals surface area contributed by atoms with E-state index in [1.807, 2.05) is 17.8 Å². The molecule has 1 unspecified atom stereocenters. The summed E-state index contributed by atoms with van der Waals surface area (Å²) in [6, 6.07) is 2.52. The highest BCUT2D eigenvalue weighted by Gasteiger charge is 2.16. The number of carbonyl (C=O) groups excluding carboxylic acids is 1. The van der Waals surface area contributed by atoms with Crippen molar-refractivity contribution in [1.29, 1.82) is 0 Å². The van der Waals surface area contributed by atoms with Crippen LogP contribution in [0.25, 0.3) is 0 Å². The number of nitrogens with zero attached hydrogens (tertiary/aromatic N) is 1. The van der Waals surface area contributed by atoms with Gasteiger partial charge in [0.2, 0.25) is 0 Å². The minimum absolute atomic E-state index is 0.210. The van der Waals surface area contributed by atoms with E-state index in [0.717, 1.165) is 18.7 Å². The molecule has 6 heteroatoms. The molecule has 1 atom stereocenters. The monoisotopic (exact) mass is 301 g/mol. The SMILES string of the molecule is CCC(CSC)N(C)Cc1cc(C(=O)NN)sc1C. The zero-order valence-corrected chi connectivity index (χ0v) is 13.7. The van der Waals surface area contributed by atoms with Crippen molar-refractivity contribution in [3.63, 3.8) is 0 Å². The molecule has 0 radical (unpaired) electrons. The summed E-state index contributed by atoms with van der Waals surface area (Å²) in [5.41, 5.74) is 3.40. The maximum atomic E-state index is 11.5. The average molecular weight is 301 g/mol. The molecule has 0 bridgehead atoms. The van der Waals surface area contributed by atoms with Crippen molar-refractivity contribution < 1.29 is 4.79 Å². The number of nitrogens with two attached hydrogens (primary N) is 1. The van der Waals surface area contributed by atoms with Gasteiger partial charge in [0, 0.05) is 23.2 Å². The minimum atomic E-state index is -0.210. The minimum Gasteiger partial charge on any atom is -0.298 e. The summed E-state index contributed by atoms with van der Waals surface area (Å²) in [5, 5.41) is 0. The number of amides is 1. The molecular weight excluding hydrogens is 278 g/mol. The predicted octanol–water partition coefficient (Wildman–Crippen LogP) is 2.23. The summed E-state index contributed by atoms with van der Waals surface area (Å²) >= 11 is 3.37. The Hall–Kier alpha value is -0.560. The molecule has 0 saturated carbocycles. The van der Waals surface area contributed by atoms with Crippen molar-refractivity contribution in [1.82, 2.24) is 10.3 Å². The van der Waals surface area contributed by atoms with E-state index in [4.69, 9.17) is 5.84 Å². The molecule has 0 aliphatic carbocycles. The molecule has 0 aliphatic heterocycles. The third-order valence-corrected chi connectivity index (χ3v) is 5.06. The Morgan fingerprint density at radius 1 is 1.63 bits per heavy atom. The maximum Gasteiger partial charge on any atom is 0.275 e. The van der Waals surface area contributed by atoms with Gasteiger partial charge < -0.3 is 0 Å². The van der Waals surface area contributed by atoms with Gasteiger partial charge in [-0.05, 0) is 38.3 Å². The second-order valence-corrected chi connectivity index (χ2v) is 6.77. The fourth-order valence-electron chi connectivity index (χ4n) is 2.01. The van der Waals surface area contributed by atoms with E-state index in [2.05, 4.69) is 37.5 Å². The molecule has 1 amide bonds. The van der Waals surface area contributed by atoms with Crippen LogP contribution < -0.4 is 11.3 Å². The lowest BCUT2D eigenvalue weighted by Gasteiger charge is -2.26. The number of thioether (sulfide) groups is 1. The van der Waals surface area contributed by atoms with Gasteiger partial charge in [0.05, 0.1) is 4.88 Å². The number of nitrogen functional groups attached to an aromatic ring is 1. The van der Waals surface area contributed by atoms with E-state index >= 15 is 0 Å². The second kappa shape index (κ2) is 7.89. The zero-order chi connectivity index (χ0) is 14.4. The standard InChI is InChI=1S/C13H23N3OS2/c1-5-11(8-18-4)16(3)7-10-6-12(13(17)15-14)19-9(10)2/h6,11H,5,7-8,14H2,1-4H3,(H,15,17). The largest absolute Gasteiger partial charge is 0.298 e. The summed E-state index contributed by atoms with van der Waals surface area (Å²) in [7, 11) is 2.14. The Bertz CT molecular complexity index is 420. The van der Waals surface area contributed by atoms with E-state index in [1.165, 1.54) is 21.8 Å². The lowest BCUT2D eigenvalue weighted by molar-refractivity contribution is 0.0957. The highest BCUT2D eigenvalue weighted by atomic mass is 32.2. The van der Waals surface area contributed by atoms with E-state index < -0.39 is 0 Å². The van der Waals surface area contributed by atoms with Crippen LogP contribution in [0.2, 0.25) is 0 Å².